The van der Waals surface area contributed by atoms with Crippen LogP contribution in [-0.4, -0.2) is 22.2 Å². The first-order valence-corrected chi connectivity index (χ1v) is 21.8. The summed E-state index contributed by atoms with van der Waals surface area (Å²) in [6.07, 6.45) is 1.93. The summed E-state index contributed by atoms with van der Waals surface area (Å²) in [5.74, 6) is 1.76. The Balaban J connectivity index is 1.06. The molecule has 0 fully saturated rings. The second-order valence-corrected chi connectivity index (χ2v) is 18.8. The number of pyridine rings is 1. The molecule has 272 valence electrons. The third-order valence-electron chi connectivity index (χ3n) is 12.1. The molecular formula is C53H35N3OSi. The summed E-state index contributed by atoms with van der Waals surface area (Å²) >= 11 is 0. The number of benzene rings is 8. The molecule has 11 aromatic rings. The van der Waals surface area contributed by atoms with Crippen LogP contribution < -0.4 is 25.6 Å². The normalized spacial score (nSPS) is 14.8. The van der Waals surface area contributed by atoms with Gasteiger partial charge in [0.25, 0.3) is 0 Å². The van der Waals surface area contributed by atoms with E-state index in [-0.39, 0.29) is 0 Å². The van der Waals surface area contributed by atoms with Crippen molar-refractivity contribution < 1.29 is 4.74 Å². The molecular weight excluding hydrogens is 723 g/mol. The number of rotatable bonds is 5. The minimum absolute atomic E-state index is 0.878. The lowest BCUT2D eigenvalue weighted by Gasteiger charge is -2.38. The van der Waals surface area contributed by atoms with Crippen LogP contribution in [0, 0.1) is 0 Å². The maximum Gasteiger partial charge on any atom is 0.209 e. The molecule has 5 heteroatoms. The molecule has 0 saturated heterocycles. The number of ether oxygens (including phenoxy) is 1. The monoisotopic (exact) mass is 757 g/mol. The first kappa shape index (κ1) is 32.7. The van der Waals surface area contributed by atoms with E-state index < -0.39 is 8.07 Å². The van der Waals surface area contributed by atoms with Gasteiger partial charge in [0.15, 0.2) is 0 Å². The SMILES string of the molecule is c1ccc(-n2c3ccccc3c3ccc(-c4ccc5c(c4)Oc4ccccc4[Si]5(c4ccc(-n5c6ccccc6c6ccccc65)cc4)c4ccccn4)cc32)cc1. The van der Waals surface area contributed by atoms with Crippen molar-refractivity contribution in [2.45, 2.75) is 0 Å². The molecule has 0 N–H and O–H groups in total. The van der Waals surface area contributed by atoms with Gasteiger partial charge in [0.1, 0.15) is 11.5 Å². The molecule has 1 unspecified atom stereocenters. The number of hydrogen-bond acceptors (Lipinski definition) is 2. The van der Waals surface area contributed by atoms with Crippen molar-refractivity contribution in [2.24, 2.45) is 0 Å². The molecule has 12 rings (SSSR count). The van der Waals surface area contributed by atoms with Crippen LogP contribution in [0.5, 0.6) is 11.5 Å². The van der Waals surface area contributed by atoms with Gasteiger partial charge in [-0.15, -0.1) is 0 Å². The smallest absolute Gasteiger partial charge is 0.209 e. The largest absolute Gasteiger partial charge is 0.458 e. The summed E-state index contributed by atoms with van der Waals surface area (Å²) in [5.41, 5.74) is 9.29. The van der Waals surface area contributed by atoms with Crippen LogP contribution in [-0.2, 0) is 0 Å². The van der Waals surface area contributed by atoms with E-state index in [1.165, 1.54) is 59.2 Å². The molecule has 3 aromatic heterocycles. The summed E-state index contributed by atoms with van der Waals surface area (Å²) in [4.78, 5) is 5.18. The number of hydrogen-bond donors (Lipinski definition) is 0. The quantitative estimate of drug-likeness (QED) is 0.164. The molecule has 0 bridgehead atoms. The van der Waals surface area contributed by atoms with Gasteiger partial charge < -0.3 is 13.9 Å². The molecule has 1 aliphatic rings. The number of aromatic nitrogens is 3. The van der Waals surface area contributed by atoms with E-state index in [1.54, 1.807) is 0 Å². The fraction of sp³-hybridized carbons (Fsp3) is 0. The Hall–Kier alpha value is -7.47. The van der Waals surface area contributed by atoms with Gasteiger partial charge in [0, 0.05) is 44.4 Å². The van der Waals surface area contributed by atoms with E-state index >= 15 is 0 Å². The predicted molar refractivity (Wildman–Crippen MR) is 242 cm³/mol. The molecule has 0 aliphatic carbocycles. The van der Waals surface area contributed by atoms with Crippen LogP contribution in [0.3, 0.4) is 0 Å². The standard InChI is InChI=1S/C53H35N3OSi/c1-2-14-38(15-3-1)56-47-21-9-6-18-43(47)44-31-25-36(34-48(44)56)37-26-32-52-50(35-37)57-49-22-10-11-23-51(49)58(52,53-24-12-13-33-54-53)40-29-27-39(28-30-40)55-45-19-7-4-16-41(45)42-17-5-8-20-46(42)55/h1-35H. The zero-order valence-corrected chi connectivity index (χ0v) is 32.5. The van der Waals surface area contributed by atoms with Crippen molar-refractivity contribution >= 4 is 72.6 Å². The molecule has 1 aliphatic heterocycles. The summed E-state index contributed by atoms with van der Waals surface area (Å²) in [6, 6.07) is 74.6. The lowest BCUT2D eigenvalue weighted by atomic mass is 10.0. The van der Waals surface area contributed by atoms with Crippen LogP contribution in [0.4, 0.5) is 0 Å². The summed E-state index contributed by atoms with van der Waals surface area (Å²) in [6.45, 7) is 0. The molecule has 4 heterocycles. The highest BCUT2D eigenvalue weighted by molar-refractivity contribution is 7.20. The van der Waals surface area contributed by atoms with Crippen molar-refractivity contribution in [3.8, 4) is 34.0 Å². The fourth-order valence-corrected chi connectivity index (χ4v) is 14.3. The van der Waals surface area contributed by atoms with E-state index in [0.29, 0.717) is 0 Å². The minimum atomic E-state index is -2.98. The average Bonchev–Trinajstić information content (AvgIpc) is 3.81. The zero-order valence-electron chi connectivity index (χ0n) is 31.5. The van der Waals surface area contributed by atoms with E-state index in [2.05, 4.69) is 209 Å². The summed E-state index contributed by atoms with van der Waals surface area (Å²) < 4.78 is 11.7. The van der Waals surface area contributed by atoms with Crippen LogP contribution in [0.2, 0.25) is 0 Å². The van der Waals surface area contributed by atoms with Gasteiger partial charge in [0.2, 0.25) is 8.07 Å². The van der Waals surface area contributed by atoms with Crippen molar-refractivity contribution in [1.29, 1.82) is 0 Å². The molecule has 0 spiro atoms. The summed E-state index contributed by atoms with van der Waals surface area (Å²) in [5, 5.41) is 9.72. The average molecular weight is 758 g/mol. The van der Waals surface area contributed by atoms with Gasteiger partial charge >= 0.3 is 0 Å². The topological polar surface area (TPSA) is 32.0 Å². The molecule has 1 atom stereocenters. The second kappa shape index (κ2) is 12.8. The van der Waals surface area contributed by atoms with Crippen molar-refractivity contribution in [3.63, 3.8) is 0 Å². The maximum atomic E-state index is 6.94. The Morgan fingerprint density at radius 1 is 0.379 bits per heavy atom. The first-order valence-electron chi connectivity index (χ1n) is 19.8. The number of nitrogens with zero attached hydrogens (tertiary/aromatic N) is 3. The number of para-hydroxylation sites is 5. The van der Waals surface area contributed by atoms with Crippen molar-refractivity contribution in [1.82, 2.24) is 14.1 Å². The highest BCUT2D eigenvalue weighted by atomic mass is 28.3. The first-order chi connectivity index (χ1) is 28.8. The lowest BCUT2D eigenvalue weighted by Crippen LogP contribution is -2.76. The lowest BCUT2D eigenvalue weighted by molar-refractivity contribution is 0.487. The molecule has 0 radical (unpaired) electrons. The van der Waals surface area contributed by atoms with Crippen LogP contribution in [0.1, 0.15) is 0 Å². The van der Waals surface area contributed by atoms with E-state index in [0.717, 1.165) is 39.3 Å². The van der Waals surface area contributed by atoms with E-state index in [4.69, 9.17) is 9.72 Å². The Bertz CT molecular complexity index is 3320. The van der Waals surface area contributed by atoms with Gasteiger partial charge in [0.05, 0.1) is 22.1 Å². The van der Waals surface area contributed by atoms with Crippen molar-refractivity contribution in [2.75, 3.05) is 0 Å². The highest BCUT2D eigenvalue weighted by Gasteiger charge is 2.49. The van der Waals surface area contributed by atoms with Crippen molar-refractivity contribution in [3.05, 3.63) is 212 Å². The van der Waals surface area contributed by atoms with Crippen LogP contribution in [0.15, 0.2) is 212 Å². The molecule has 0 saturated carbocycles. The maximum absolute atomic E-state index is 6.94. The number of fused-ring (bicyclic) bond motifs is 8. The Kier molecular flexibility index (Phi) is 7.21. The Morgan fingerprint density at radius 3 is 1.60 bits per heavy atom. The molecule has 58 heavy (non-hydrogen) atoms. The van der Waals surface area contributed by atoms with Gasteiger partial charge in [-0.1, -0.05) is 133 Å². The molecule has 0 amide bonds. The molecule has 8 aromatic carbocycles. The zero-order chi connectivity index (χ0) is 38.2. The third-order valence-corrected chi connectivity index (χ3v) is 16.8. The van der Waals surface area contributed by atoms with Gasteiger partial charge in [-0.05, 0) is 99.5 Å². The van der Waals surface area contributed by atoms with Crippen LogP contribution >= 0.6 is 0 Å². The highest BCUT2D eigenvalue weighted by Crippen LogP contribution is 2.38. The summed E-state index contributed by atoms with van der Waals surface area (Å²) in [7, 11) is -2.98. The Labute approximate surface area is 336 Å². The van der Waals surface area contributed by atoms with Gasteiger partial charge in [-0.3, -0.25) is 4.98 Å². The van der Waals surface area contributed by atoms with E-state index in [9.17, 15) is 0 Å². The fourth-order valence-electron chi connectivity index (χ4n) is 9.61. The van der Waals surface area contributed by atoms with Gasteiger partial charge in [-0.25, -0.2) is 0 Å². The van der Waals surface area contributed by atoms with Crippen LogP contribution in [0.25, 0.3) is 66.1 Å². The van der Waals surface area contributed by atoms with Gasteiger partial charge in [-0.2, -0.15) is 0 Å². The second-order valence-electron chi connectivity index (χ2n) is 15.1. The minimum Gasteiger partial charge on any atom is -0.458 e. The Morgan fingerprint density at radius 2 is 0.914 bits per heavy atom. The van der Waals surface area contributed by atoms with E-state index in [1.807, 2.05) is 12.3 Å². The third kappa shape index (κ3) is 4.71. The molecule has 4 nitrogen and oxygen atoms in total. The predicted octanol–water partition coefficient (Wildman–Crippen LogP) is 10.4.